The molecule has 30 heavy (non-hydrogen) atoms. The molecule has 1 aliphatic rings. The van der Waals surface area contributed by atoms with E-state index in [9.17, 15) is 4.79 Å². The molecule has 0 saturated heterocycles. The van der Waals surface area contributed by atoms with Crippen molar-refractivity contribution < 1.29 is 0 Å². The van der Waals surface area contributed by atoms with E-state index in [4.69, 9.17) is 16.6 Å². The van der Waals surface area contributed by atoms with Gasteiger partial charge < -0.3 is 4.57 Å². The van der Waals surface area contributed by atoms with Crippen LogP contribution in [0.25, 0.3) is 43.6 Å². The van der Waals surface area contributed by atoms with Crippen molar-refractivity contribution in [1.29, 1.82) is 0 Å². The molecule has 1 heterocycles. The summed E-state index contributed by atoms with van der Waals surface area (Å²) < 4.78 is 2.45. The number of para-hydroxylation sites is 2. The minimum absolute atomic E-state index is 0.0999. The van der Waals surface area contributed by atoms with Gasteiger partial charge in [0.2, 0.25) is 5.43 Å². The van der Waals surface area contributed by atoms with Gasteiger partial charge >= 0.3 is 0 Å². The van der Waals surface area contributed by atoms with Gasteiger partial charge in [-0.15, -0.1) is 0 Å². The SMILES string of the molecule is O=c1c(Cl)c2cc3c(cc2c2ccccc12)nc1ccccc1n3C1CCCCC1. The highest BCUT2D eigenvalue weighted by Gasteiger charge is 2.20. The van der Waals surface area contributed by atoms with Crippen molar-refractivity contribution in [1.82, 2.24) is 9.55 Å². The van der Waals surface area contributed by atoms with E-state index in [1.807, 2.05) is 30.3 Å². The third-order valence-corrected chi connectivity index (χ3v) is 6.97. The van der Waals surface area contributed by atoms with Gasteiger partial charge in [0.1, 0.15) is 0 Å². The summed E-state index contributed by atoms with van der Waals surface area (Å²) in [7, 11) is 0. The van der Waals surface area contributed by atoms with Crippen LogP contribution in [-0.2, 0) is 0 Å². The second kappa shape index (κ2) is 6.82. The Morgan fingerprint density at radius 3 is 2.33 bits per heavy atom. The number of hydrogen-bond donors (Lipinski definition) is 0. The molecule has 0 radical (unpaired) electrons. The van der Waals surface area contributed by atoms with E-state index in [1.165, 1.54) is 32.1 Å². The topological polar surface area (TPSA) is 34.9 Å². The van der Waals surface area contributed by atoms with E-state index < -0.39 is 0 Å². The van der Waals surface area contributed by atoms with Crippen molar-refractivity contribution >= 4 is 55.2 Å². The van der Waals surface area contributed by atoms with Crippen molar-refractivity contribution in [3.63, 3.8) is 0 Å². The van der Waals surface area contributed by atoms with E-state index in [0.717, 1.165) is 38.2 Å². The fourth-order valence-corrected chi connectivity index (χ4v) is 5.43. The molecule has 5 aromatic rings. The average molecular weight is 413 g/mol. The second-order valence-electron chi connectivity index (χ2n) is 8.34. The van der Waals surface area contributed by atoms with Gasteiger partial charge in [-0.2, -0.15) is 0 Å². The molecular formula is C26H21ClN2O. The van der Waals surface area contributed by atoms with Gasteiger partial charge in [-0.3, -0.25) is 4.79 Å². The number of hydrogen-bond acceptors (Lipinski definition) is 2. The molecule has 0 N–H and O–H groups in total. The fourth-order valence-electron chi connectivity index (χ4n) is 5.17. The normalized spacial score (nSPS) is 15.5. The number of benzene rings is 4. The van der Waals surface area contributed by atoms with E-state index in [-0.39, 0.29) is 5.43 Å². The van der Waals surface area contributed by atoms with Crippen LogP contribution in [-0.4, -0.2) is 9.55 Å². The zero-order chi connectivity index (χ0) is 20.2. The van der Waals surface area contributed by atoms with Crippen LogP contribution in [0.1, 0.15) is 38.1 Å². The third-order valence-electron chi connectivity index (χ3n) is 6.59. The maximum absolute atomic E-state index is 12.9. The first-order valence-electron chi connectivity index (χ1n) is 10.7. The summed E-state index contributed by atoms with van der Waals surface area (Å²) in [6, 6.07) is 20.7. The maximum atomic E-state index is 12.9. The van der Waals surface area contributed by atoms with Crippen LogP contribution >= 0.6 is 11.6 Å². The van der Waals surface area contributed by atoms with E-state index in [1.54, 1.807) is 0 Å². The highest BCUT2D eigenvalue weighted by molar-refractivity contribution is 6.38. The first-order chi connectivity index (χ1) is 14.7. The van der Waals surface area contributed by atoms with E-state index in [0.29, 0.717) is 16.5 Å². The molecule has 1 aliphatic carbocycles. The lowest BCUT2D eigenvalue weighted by molar-refractivity contribution is 0.366. The monoisotopic (exact) mass is 412 g/mol. The summed E-state index contributed by atoms with van der Waals surface area (Å²) in [6.07, 6.45) is 6.14. The first-order valence-corrected chi connectivity index (χ1v) is 11.0. The molecule has 0 spiro atoms. The lowest BCUT2D eigenvalue weighted by atomic mass is 9.94. The molecule has 4 aromatic carbocycles. The lowest BCUT2D eigenvalue weighted by Crippen LogP contribution is -2.15. The minimum Gasteiger partial charge on any atom is -0.335 e. The van der Waals surface area contributed by atoms with Crippen molar-refractivity contribution in [3.05, 3.63) is 75.9 Å². The first kappa shape index (κ1) is 17.9. The summed E-state index contributed by atoms with van der Waals surface area (Å²) in [5, 5.41) is 3.70. The van der Waals surface area contributed by atoms with Gasteiger partial charge in [0.15, 0.2) is 0 Å². The molecule has 0 bridgehead atoms. The van der Waals surface area contributed by atoms with Crippen LogP contribution in [0.4, 0.5) is 0 Å². The standard InChI is InChI=1S/C26H21ClN2O/c27-25-20-15-24-22(14-19(20)17-10-4-5-11-18(17)26(25)30)28-21-12-6-7-13-23(21)29(24)16-8-2-1-3-9-16/h4-7,10-16H,1-3,8-9H2. The zero-order valence-electron chi connectivity index (χ0n) is 16.6. The summed E-state index contributed by atoms with van der Waals surface area (Å²) in [5.41, 5.74) is 4.06. The van der Waals surface area contributed by atoms with Crippen LogP contribution in [0.2, 0.25) is 5.02 Å². The Labute approximate surface area is 178 Å². The van der Waals surface area contributed by atoms with Crippen LogP contribution in [0.3, 0.4) is 0 Å². The Morgan fingerprint density at radius 2 is 1.50 bits per heavy atom. The van der Waals surface area contributed by atoms with Crippen LogP contribution in [0.15, 0.2) is 65.5 Å². The molecule has 1 aromatic heterocycles. The van der Waals surface area contributed by atoms with Crippen LogP contribution < -0.4 is 5.43 Å². The Balaban J connectivity index is 1.80. The van der Waals surface area contributed by atoms with Gasteiger partial charge in [0.25, 0.3) is 0 Å². The van der Waals surface area contributed by atoms with Crippen molar-refractivity contribution in [2.75, 3.05) is 0 Å². The molecule has 148 valence electrons. The summed E-state index contributed by atoms with van der Waals surface area (Å²) in [4.78, 5) is 17.9. The lowest BCUT2D eigenvalue weighted by Gasteiger charge is -2.28. The molecule has 0 atom stereocenters. The number of halogens is 1. The molecule has 0 aliphatic heterocycles. The van der Waals surface area contributed by atoms with Gasteiger partial charge in [0, 0.05) is 16.8 Å². The second-order valence-corrected chi connectivity index (χ2v) is 8.72. The summed E-state index contributed by atoms with van der Waals surface area (Å²) in [5.74, 6) is 0. The minimum atomic E-state index is -0.0999. The predicted octanol–water partition coefficient (Wildman–Crippen LogP) is 7.01. The van der Waals surface area contributed by atoms with Crippen molar-refractivity contribution in [2.24, 2.45) is 0 Å². The average Bonchev–Trinajstić information content (AvgIpc) is 2.80. The molecular weight excluding hydrogens is 392 g/mol. The third kappa shape index (κ3) is 2.58. The van der Waals surface area contributed by atoms with E-state index >= 15 is 0 Å². The van der Waals surface area contributed by atoms with Crippen LogP contribution in [0.5, 0.6) is 0 Å². The molecule has 0 amide bonds. The number of fused-ring (bicyclic) bond motifs is 5. The Bertz CT molecular complexity index is 1510. The molecule has 1 fully saturated rings. The van der Waals surface area contributed by atoms with Gasteiger partial charge in [-0.05, 0) is 47.9 Å². The smallest absolute Gasteiger partial charge is 0.205 e. The molecule has 1 saturated carbocycles. The molecule has 3 nitrogen and oxygen atoms in total. The Hall–Kier alpha value is -2.91. The van der Waals surface area contributed by atoms with Crippen LogP contribution in [0, 0.1) is 0 Å². The van der Waals surface area contributed by atoms with Crippen molar-refractivity contribution in [3.8, 4) is 0 Å². The predicted molar refractivity (Wildman–Crippen MR) is 126 cm³/mol. The molecule has 4 heteroatoms. The van der Waals surface area contributed by atoms with Gasteiger partial charge in [0.05, 0.1) is 27.1 Å². The van der Waals surface area contributed by atoms with Gasteiger partial charge in [-0.1, -0.05) is 67.3 Å². The zero-order valence-corrected chi connectivity index (χ0v) is 17.3. The largest absolute Gasteiger partial charge is 0.335 e. The van der Waals surface area contributed by atoms with Crippen molar-refractivity contribution in [2.45, 2.75) is 38.1 Å². The summed E-state index contributed by atoms with van der Waals surface area (Å²) >= 11 is 6.62. The Morgan fingerprint density at radius 1 is 0.767 bits per heavy atom. The molecule has 6 rings (SSSR count). The molecule has 0 unspecified atom stereocenters. The highest BCUT2D eigenvalue weighted by Crippen LogP contribution is 2.37. The Kier molecular flexibility index (Phi) is 4.07. The quantitative estimate of drug-likeness (QED) is 0.219. The fraction of sp³-hybridized carbons (Fsp3) is 0.231. The number of rotatable bonds is 1. The summed E-state index contributed by atoms with van der Waals surface area (Å²) in [6.45, 7) is 0. The van der Waals surface area contributed by atoms with Gasteiger partial charge in [-0.25, -0.2) is 4.98 Å². The maximum Gasteiger partial charge on any atom is 0.205 e. The number of nitrogens with zero attached hydrogens (tertiary/aromatic N) is 2. The number of aromatic nitrogens is 2. The van der Waals surface area contributed by atoms with E-state index in [2.05, 4.69) is 34.9 Å². The highest BCUT2D eigenvalue weighted by atomic mass is 35.5.